The highest BCUT2D eigenvalue weighted by molar-refractivity contribution is 7.09. The third kappa shape index (κ3) is 2.53. The van der Waals surface area contributed by atoms with Crippen LogP contribution in [0.5, 0.6) is 0 Å². The average molecular weight is 251 g/mol. The van der Waals surface area contributed by atoms with Gasteiger partial charge in [0.1, 0.15) is 12.2 Å². The zero-order chi connectivity index (χ0) is 12.4. The van der Waals surface area contributed by atoms with Crippen molar-refractivity contribution in [1.82, 2.24) is 25.1 Å². The molecular weight excluding hydrogens is 234 g/mol. The van der Waals surface area contributed by atoms with E-state index in [2.05, 4.69) is 34.3 Å². The molecule has 0 fully saturated rings. The molecule has 2 rings (SSSR count). The molecule has 0 radical (unpaired) electrons. The van der Waals surface area contributed by atoms with Gasteiger partial charge in [-0.1, -0.05) is 0 Å². The maximum absolute atomic E-state index is 4.27. The van der Waals surface area contributed by atoms with Gasteiger partial charge in [-0.3, -0.25) is 0 Å². The van der Waals surface area contributed by atoms with Crippen molar-refractivity contribution in [3.8, 4) is 0 Å². The second-order valence-electron chi connectivity index (χ2n) is 4.21. The summed E-state index contributed by atoms with van der Waals surface area (Å²) < 4.78 is 1.93. The molecule has 1 N–H and O–H groups in total. The van der Waals surface area contributed by atoms with Gasteiger partial charge in [0.2, 0.25) is 0 Å². The standard InChI is InChI=1S/C11H17N5S/c1-7-10(17-6-12-7)8(2)14-9(3)11-15-13-5-16(11)4/h5-6,8-9,14H,1-4H3. The summed E-state index contributed by atoms with van der Waals surface area (Å²) in [5, 5.41) is 11.5. The first-order valence-corrected chi connectivity index (χ1v) is 6.47. The number of hydrogen-bond donors (Lipinski definition) is 1. The van der Waals surface area contributed by atoms with Gasteiger partial charge in [-0.2, -0.15) is 0 Å². The lowest BCUT2D eigenvalue weighted by atomic mass is 10.2. The van der Waals surface area contributed by atoms with Crippen molar-refractivity contribution in [2.24, 2.45) is 7.05 Å². The highest BCUT2D eigenvalue weighted by Gasteiger charge is 2.17. The van der Waals surface area contributed by atoms with E-state index < -0.39 is 0 Å². The third-order valence-electron chi connectivity index (χ3n) is 2.81. The SMILES string of the molecule is Cc1ncsc1C(C)NC(C)c1nncn1C. The summed E-state index contributed by atoms with van der Waals surface area (Å²) in [5.41, 5.74) is 2.98. The summed E-state index contributed by atoms with van der Waals surface area (Å²) in [5.74, 6) is 0.944. The van der Waals surface area contributed by atoms with Crippen molar-refractivity contribution in [3.63, 3.8) is 0 Å². The largest absolute Gasteiger partial charge is 0.319 e. The Balaban J connectivity index is 2.07. The maximum Gasteiger partial charge on any atom is 0.149 e. The number of thiazole rings is 1. The Labute approximate surface area is 105 Å². The molecule has 0 aromatic carbocycles. The minimum absolute atomic E-state index is 0.166. The van der Waals surface area contributed by atoms with E-state index >= 15 is 0 Å². The van der Waals surface area contributed by atoms with Crippen LogP contribution in [-0.4, -0.2) is 19.7 Å². The number of rotatable bonds is 4. The Morgan fingerprint density at radius 1 is 1.35 bits per heavy atom. The van der Waals surface area contributed by atoms with Crippen LogP contribution in [0.4, 0.5) is 0 Å². The van der Waals surface area contributed by atoms with Gasteiger partial charge in [-0.05, 0) is 20.8 Å². The van der Waals surface area contributed by atoms with Crippen LogP contribution in [0.2, 0.25) is 0 Å². The van der Waals surface area contributed by atoms with E-state index in [1.807, 2.05) is 24.0 Å². The molecule has 2 aromatic heterocycles. The van der Waals surface area contributed by atoms with Gasteiger partial charge in [0.15, 0.2) is 0 Å². The highest BCUT2D eigenvalue weighted by atomic mass is 32.1. The van der Waals surface area contributed by atoms with E-state index in [-0.39, 0.29) is 12.1 Å². The molecule has 0 aliphatic heterocycles. The van der Waals surface area contributed by atoms with Crippen LogP contribution in [0.1, 0.15) is 42.3 Å². The van der Waals surface area contributed by atoms with Gasteiger partial charge in [0.25, 0.3) is 0 Å². The first kappa shape index (κ1) is 12.2. The van der Waals surface area contributed by atoms with Crippen LogP contribution in [0.15, 0.2) is 11.8 Å². The molecular formula is C11H17N5S. The molecule has 0 amide bonds. The van der Waals surface area contributed by atoms with Gasteiger partial charge in [0, 0.05) is 18.0 Å². The molecule has 2 aromatic rings. The zero-order valence-corrected chi connectivity index (χ0v) is 11.3. The van der Waals surface area contributed by atoms with Gasteiger partial charge < -0.3 is 9.88 Å². The summed E-state index contributed by atoms with van der Waals surface area (Å²) in [6, 6.07) is 0.438. The van der Waals surface area contributed by atoms with Crippen molar-refractivity contribution in [3.05, 3.63) is 28.2 Å². The van der Waals surface area contributed by atoms with Crippen molar-refractivity contribution < 1.29 is 0 Å². The molecule has 6 heteroatoms. The van der Waals surface area contributed by atoms with Crippen molar-refractivity contribution in [2.45, 2.75) is 32.9 Å². The van der Waals surface area contributed by atoms with E-state index in [1.165, 1.54) is 4.88 Å². The van der Waals surface area contributed by atoms with Crippen LogP contribution < -0.4 is 5.32 Å². The number of aryl methyl sites for hydroxylation is 2. The van der Waals surface area contributed by atoms with Crippen LogP contribution in [0, 0.1) is 6.92 Å². The molecule has 17 heavy (non-hydrogen) atoms. The lowest BCUT2D eigenvalue weighted by Gasteiger charge is -2.18. The first-order valence-electron chi connectivity index (χ1n) is 5.59. The topological polar surface area (TPSA) is 55.6 Å². The van der Waals surface area contributed by atoms with Crippen LogP contribution in [0.25, 0.3) is 0 Å². The second-order valence-corrected chi connectivity index (χ2v) is 5.10. The Bertz CT molecular complexity index is 445. The fraction of sp³-hybridized carbons (Fsp3) is 0.545. The summed E-state index contributed by atoms with van der Waals surface area (Å²) in [6.45, 7) is 6.28. The monoisotopic (exact) mass is 251 g/mol. The quantitative estimate of drug-likeness (QED) is 0.903. The smallest absolute Gasteiger partial charge is 0.149 e. The summed E-state index contributed by atoms with van der Waals surface area (Å²) in [7, 11) is 1.95. The zero-order valence-electron chi connectivity index (χ0n) is 10.5. The van der Waals surface area contributed by atoms with Crippen LogP contribution in [-0.2, 0) is 7.05 Å². The summed E-state index contributed by atoms with van der Waals surface area (Å²) in [6.07, 6.45) is 1.72. The molecule has 0 bridgehead atoms. The van der Waals surface area contributed by atoms with Crippen molar-refractivity contribution in [2.75, 3.05) is 0 Å². The Morgan fingerprint density at radius 2 is 2.12 bits per heavy atom. The van der Waals surface area contributed by atoms with E-state index in [0.717, 1.165) is 11.5 Å². The minimum Gasteiger partial charge on any atom is -0.319 e. The van der Waals surface area contributed by atoms with Crippen molar-refractivity contribution >= 4 is 11.3 Å². The average Bonchev–Trinajstić information content (AvgIpc) is 2.86. The highest BCUT2D eigenvalue weighted by Crippen LogP contribution is 2.23. The Hall–Kier alpha value is -1.27. The molecule has 5 nitrogen and oxygen atoms in total. The summed E-state index contributed by atoms with van der Waals surface area (Å²) in [4.78, 5) is 5.55. The normalized spacial score (nSPS) is 14.8. The predicted octanol–water partition coefficient (Wildman–Crippen LogP) is 1.99. The van der Waals surface area contributed by atoms with Gasteiger partial charge >= 0.3 is 0 Å². The Morgan fingerprint density at radius 3 is 2.65 bits per heavy atom. The van der Waals surface area contributed by atoms with E-state index in [0.29, 0.717) is 0 Å². The fourth-order valence-electron chi connectivity index (χ4n) is 1.94. The molecule has 2 atom stereocenters. The fourth-order valence-corrected chi connectivity index (χ4v) is 2.76. The van der Waals surface area contributed by atoms with E-state index in [9.17, 15) is 0 Å². The third-order valence-corrected chi connectivity index (χ3v) is 3.92. The summed E-state index contributed by atoms with van der Waals surface area (Å²) >= 11 is 1.68. The van der Waals surface area contributed by atoms with E-state index in [4.69, 9.17) is 0 Å². The van der Waals surface area contributed by atoms with Gasteiger partial charge in [-0.15, -0.1) is 21.5 Å². The molecule has 2 heterocycles. The van der Waals surface area contributed by atoms with Crippen molar-refractivity contribution in [1.29, 1.82) is 0 Å². The molecule has 0 saturated heterocycles. The van der Waals surface area contributed by atoms with Gasteiger partial charge in [-0.25, -0.2) is 4.98 Å². The number of aromatic nitrogens is 4. The molecule has 92 valence electrons. The Kier molecular flexibility index (Phi) is 3.54. The number of nitrogens with zero attached hydrogens (tertiary/aromatic N) is 4. The van der Waals surface area contributed by atoms with Crippen LogP contribution in [0.3, 0.4) is 0 Å². The van der Waals surface area contributed by atoms with E-state index in [1.54, 1.807) is 17.7 Å². The first-order chi connectivity index (χ1) is 8.09. The lowest BCUT2D eigenvalue weighted by molar-refractivity contribution is 0.469. The molecule has 2 unspecified atom stereocenters. The number of hydrogen-bond acceptors (Lipinski definition) is 5. The molecule has 0 aliphatic carbocycles. The minimum atomic E-state index is 0.166. The molecule has 0 saturated carbocycles. The van der Waals surface area contributed by atoms with Crippen LogP contribution >= 0.6 is 11.3 Å². The molecule has 0 spiro atoms. The molecule has 0 aliphatic rings. The number of nitrogens with one attached hydrogen (secondary N) is 1. The predicted molar refractivity (Wildman–Crippen MR) is 67.8 cm³/mol. The van der Waals surface area contributed by atoms with Gasteiger partial charge in [0.05, 0.1) is 17.2 Å². The lowest BCUT2D eigenvalue weighted by Crippen LogP contribution is -2.24. The second kappa shape index (κ2) is 4.93. The maximum atomic E-state index is 4.27.